The first kappa shape index (κ1) is 21.8. The SMILES string of the molecule is Cc1cccc2c1C(N(C(=O)Cc1cccs1)c1cccc(F)c1)C(=O)N2C1CCCCC1. The zero-order valence-corrected chi connectivity index (χ0v) is 19.5. The van der Waals surface area contributed by atoms with Crippen molar-refractivity contribution in [1.29, 1.82) is 0 Å². The van der Waals surface area contributed by atoms with E-state index in [0.717, 1.165) is 47.4 Å². The van der Waals surface area contributed by atoms with E-state index in [1.807, 2.05) is 47.5 Å². The quantitative estimate of drug-likeness (QED) is 0.453. The molecule has 4 nitrogen and oxygen atoms in total. The molecule has 1 unspecified atom stereocenters. The van der Waals surface area contributed by atoms with Gasteiger partial charge in [0, 0.05) is 22.2 Å². The van der Waals surface area contributed by atoms with Gasteiger partial charge in [0.25, 0.3) is 5.91 Å². The largest absolute Gasteiger partial charge is 0.307 e. The Bertz CT molecular complexity index is 1170. The first-order chi connectivity index (χ1) is 16.0. The predicted molar refractivity (Wildman–Crippen MR) is 130 cm³/mol. The van der Waals surface area contributed by atoms with Gasteiger partial charge in [0.1, 0.15) is 11.9 Å². The number of carbonyl (C=O) groups excluding carboxylic acids is 2. The van der Waals surface area contributed by atoms with Crippen molar-refractivity contribution < 1.29 is 14.0 Å². The molecule has 1 aliphatic heterocycles. The third kappa shape index (κ3) is 4.08. The van der Waals surface area contributed by atoms with Gasteiger partial charge in [0.05, 0.1) is 12.1 Å². The maximum absolute atomic E-state index is 14.3. The van der Waals surface area contributed by atoms with Crippen LogP contribution in [-0.2, 0) is 16.0 Å². The molecule has 1 aliphatic carbocycles. The van der Waals surface area contributed by atoms with Crippen LogP contribution < -0.4 is 9.80 Å². The molecule has 1 fully saturated rings. The predicted octanol–water partition coefficient (Wildman–Crippen LogP) is 6.19. The average molecular weight is 463 g/mol. The van der Waals surface area contributed by atoms with Gasteiger partial charge in [-0.15, -0.1) is 11.3 Å². The van der Waals surface area contributed by atoms with Crippen LogP contribution in [0.3, 0.4) is 0 Å². The van der Waals surface area contributed by atoms with Crippen LogP contribution in [0.2, 0.25) is 0 Å². The molecule has 2 aromatic carbocycles. The molecular formula is C27H27FN2O2S. The highest BCUT2D eigenvalue weighted by atomic mass is 32.1. The highest BCUT2D eigenvalue weighted by Crippen LogP contribution is 2.46. The van der Waals surface area contributed by atoms with Crippen molar-refractivity contribution in [3.05, 3.63) is 81.8 Å². The van der Waals surface area contributed by atoms with Gasteiger partial charge in [-0.3, -0.25) is 14.5 Å². The molecule has 33 heavy (non-hydrogen) atoms. The van der Waals surface area contributed by atoms with E-state index in [0.29, 0.717) is 5.69 Å². The lowest BCUT2D eigenvalue weighted by atomic mass is 9.94. The fraction of sp³-hybridized carbons (Fsp3) is 0.333. The lowest BCUT2D eigenvalue weighted by Gasteiger charge is -2.33. The van der Waals surface area contributed by atoms with Gasteiger partial charge < -0.3 is 4.90 Å². The van der Waals surface area contributed by atoms with Gasteiger partial charge in [-0.25, -0.2) is 4.39 Å². The van der Waals surface area contributed by atoms with Crippen LogP contribution >= 0.6 is 11.3 Å². The van der Waals surface area contributed by atoms with Crippen LogP contribution in [0.15, 0.2) is 60.0 Å². The summed E-state index contributed by atoms with van der Waals surface area (Å²) in [6.07, 6.45) is 5.50. The highest BCUT2D eigenvalue weighted by Gasteiger charge is 2.46. The third-order valence-electron chi connectivity index (χ3n) is 6.76. The summed E-state index contributed by atoms with van der Waals surface area (Å²) >= 11 is 1.51. The van der Waals surface area contributed by atoms with E-state index >= 15 is 0 Å². The maximum Gasteiger partial charge on any atom is 0.255 e. The van der Waals surface area contributed by atoms with Crippen molar-refractivity contribution in [2.45, 2.75) is 57.5 Å². The van der Waals surface area contributed by atoms with E-state index in [1.165, 1.54) is 34.8 Å². The Balaban J connectivity index is 1.62. The number of fused-ring (bicyclic) bond motifs is 1. The summed E-state index contributed by atoms with van der Waals surface area (Å²) < 4.78 is 14.3. The highest BCUT2D eigenvalue weighted by molar-refractivity contribution is 7.10. The van der Waals surface area contributed by atoms with Crippen LogP contribution in [0.25, 0.3) is 0 Å². The minimum absolute atomic E-state index is 0.0880. The number of thiophene rings is 1. The van der Waals surface area contributed by atoms with Crippen molar-refractivity contribution in [3.63, 3.8) is 0 Å². The standard InChI is InChI=1S/C27H27FN2O2S/c1-18-8-5-14-23-25(18)26(27(32)29(23)20-10-3-2-4-11-20)30(21-12-6-9-19(28)16-21)24(31)17-22-13-7-15-33-22/h5-9,12-16,20,26H,2-4,10-11,17H2,1H3. The average Bonchev–Trinajstić information content (AvgIpc) is 3.41. The molecule has 3 aromatic rings. The molecule has 2 amide bonds. The van der Waals surface area contributed by atoms with Gasteiger partial charge in [-0.05, 0) is 61.0 Å². The van der Waals surface area contributed by atoms with Crippen molar-refractivity contribution in [3.8, 4) is 0 Å². The molecule has 5 rings (SSSR count). The molecule has 1 saturated carbocycles. The third-order valence-corrected chi connectivity index (χ3v) is 7.64. The van der Waals surface area contributed by atoms with Crippen molar-refractivity contribution in [1.82, 2.24) is 0 Å². The van der Waals surface area contributed by atoms with E-state index < -0.39 is 11.9 Å². The Labute approximate surface area is 197 Å². The van der Waals surface area contributed by atoms with Crippen LogP contribution in [0, 0.1) is 12.7 Å². The van der Waals surface area contributed by atoms with E-state index in [1.54, 1.807) is 12.1 Å². The number of nitrogens with zero attached hydrogens (tertiary/aromatic N) is 2. The number of halogens is 1. The van der Waals surface area contributed by atoms with Crippen molar-refractivity contribution in [2.24, 2.45) is 0 Å². The molecule has 0 bridgehead atoms. The number of anilines is 2. The van der Waals surface area contributed by atoms with Gasteiger partial charge >= 0.3 is 0 Å². The fourth-order valence-electron chi connectivity index (χ4n) is 5.27. The lowest BCUT2D eigenvalue weighted by molar-refractivity contribution is -0.124. The molecule has 0 spiro atoms. The molecule has 1 aromatic heterocycles. The van der Waals surface area contributed by atoms with E-state index in [-0.39, 0.29) is 24.3 Å². The summed E-state index contributed by atoms with van der Waals surface area (Å²) in [6, 6.07) is 15.1. The fourth-order valence-corrected chi connectivity index (χ4v) is 5.97. The first-order valence-corrected chi connectivity index (χ1v) is 12.4. The Morgan fingerprint density at radius 2 is 1.88 bits per heavy atom. The topological polar surface area (TPSA) is 40.6 Å². The second-order valence-corrected chi connectivity index (χ2v) is 9.94. The zero-order chi connectivity index (χ0) is 22.9. The zero-order valence-electron chi connectivity index (χ0n) is 18.7. The maximum atomic E-state index is 14.3. The van der Waals surface area contributed by atoms with Crippen molar-refractivity contribution >= 4 is 34.5 Å². The number of benzene rings is 2. The normalized spacial score (nSPS) is 18.4. The van der Waals surface area contributed by atoms with E-state index in [2.05, 4.69) is 0 Å². The molecule has 0 N–H and O–H groups in total. The van der Waals surface area contributed by atoms with Crippen LogP contribution in [0.5, 0.6) is 0 Å². The molecule has 170 valence electrons. The molecule has 1 atom stereocenters. The smallest absolute Gasteiger partial charge is 0.255 e. The summed E-state index contributed by atoms with van der Waals surface area (Å²) in [5, 5.41) is 1.93. The van der Waals surface area contributed by atoms with Crippen LogP contribution in [0.4, 0.5) is 15.8 Å². The number of amides is 2. The van der Waals surface area contributed by atoms with Crippen molar-refractivity contribution in [2.75, 3.05) is 9.80 Å². The summed E-state index contributed by atoms with van der Waals surface area (Å²) in [5.41, 5.74) is 3.13. The van der Waals surface area contributed by atoms with Crippen LogP contribution in [-0.4, -0.2) is 17.9 Å². The minimum Gasteiger partial charge on any atom is -0.307 e. The molecule has 2 heterocycles. The molecule has 0 saturated heterocycles. The molecule has 2 aliphatic rings. The summed E-state index contributed by atoms with van der Waals surface area (Å²) in [4.78, 5) is 32.1. The summed E-state index contributed by atoms with van der Waals surface area (Å²) in [6.45, 7) is 1.98. The van der Waals surface area contributed by atoms with Gasteiger partial charge in [-0.1, -0.05) is 43.5 Å². The summed E-state index contributed by atoms with van der Waals surface area (Å²) in [7, 11) is 0. The number of carbonyl (C=O) groups is 2. The minimum atomic E-state index is -0.794. The van der Waals surface area contributed by atoms with E-state index in [4.69, 9.17) is 0 Å². The number of hydrogen-bond donors (Lipinski definition) is 0. The Hall–Kier alpha value is -2.99. The second-order valence-electron chi connectivity index (χ2n) is 8.91. The van der Waals surface area contributed by atoms with E-state index in [9.17, 15) is 14.0 Å². The molecule has 0 radical (unpaired) electrons. The number of rotatable bonds is 5. The monoisotopic (exact) mass is 462 g/mol. The van der Waals surface area contributed by atoms with Gasteiger partial charge in [-0.2, -0.15) is 0 Å². The lowest BCUT2D eigenvalue weighted by Crippen LogP contribution is -2.45. The van der Waals surface area contributed by atoms with Gasteiger partial charge in [0.15, 0.2) is 0 Å². The Morgan fingerprint density at radius 1 is 1.09 bits per heavy atom. The first-order valence-electron chi connectivity index (χ1n) is 11.6. The van der Waals surface area contributed by atoms with Crippen LogP contribution in [0.1, 0.15) is 54.1 Å². The van der Waals surface area contributed by atoms with Gasteiger partial charge in [0.2, 0.25) is 5.91 Å². The Kier molecular flexibility index (Phi) is 6.02. The number of aryl methyl sites for hydroxylation is 1. The number of hydrogen-bond acceptors (Lipinski definition) is 3. The summed E-state index contributed by atoms with van der Waals surface area (Å²) in [5.74, 6) is -0.725. The molecule has 6 heteroatoms. The second kappa shape index (κ2) is 9.10. The Morgan fingerprint density at radius 3 is 2.61 bits per heavy atom. The molecular weight excluding hydrogens is 435 g/mol.